The van der Waals surface area contributed by atoms with Crippen LogP contribution in [0.2, 0.25) is 0 Å². The van der Waals surface area contributed by atoms with Crippen LogP contribution in [0.25, 0.3) is 0 Å². The lowest BCUT2D eigenvalue weighted by atomic mass is 9.87. The second kappa shape index (κ2) is 6.90. The molecule has 1 fully saturated rings. The summed E-state index contributed by atoms with van der Waals surface area (Å²) in [6.45, 7) is 0. The van der Waals surface area contributed by atoms with E-state index in [9.17, 15) is 9.18 Å². The minimum Gasteiger partial charge on any atom is -0.353 e. The topological polar surface area (TPSA) is 29.1 Å². The SMILES string of the molecule is O=C(Cc1ccc(F)cc1)NC1CCCC(CCl)C1. The molecule has 1 aromatic rings. The number of carbonyl (C=O) groups is 1. The van der Waals surface area contributed by atoms with Crippen molar-refractivity contribution in [2.75, 3.05) is 5.88 Å². The Hall–Kier alpha value is -1.09. The Balaban J connectivity index is 1.82. The molecule has 1 N–H and O–H groups in total. The molecule has 2 unspecified atom stereocenters. The van der Waals surface area contributed by atoms with E-state index in [2.05, 4.69) is 5.32 Å². The maximum Gasteiger partial charge on any atom is 0.224 e. The van der Waals surface area contributed by atoms with Crippen molar-refractivity contribution in [1.29, 1.82) is 0 Å². The highest BCUT2D eigenvalue weighted by molar-refractivity contribution is 6.18. The molecule has 1 aromatic carbocycles. The first-order chi connectivity index (χ1) is 9.17. The number of hydrogen-bond acceptors (Lipinski definition) is 1. The van der Waals surface area contributed by atoms with Crippen LogP contribution in [0.15, 0.2) is 24.3 Å². The number of carbonyl (C=O) groups excluding carboxylic acids is 1. The number of rotatable bonds is 4. The quantitative estimate of drug-likeness (QED) is 0.844. The van der Waals surface area contributed by atoms with Gasteiger partial charge in [0.25, 0.3) is 0 Å². The Labute approximate surface area is 118 Å². The molecule has 1 aliphatic carbocycles. The molecule has 0 aromatic heterocycles. The first-order valence-corrected chi connectivity index (χ1v) is 7.30. The third kappa shape index (κ3) is 4.50. The molecule has 2 rings (SSSR count). The van der Waals surface area contributed by atoms with Crippen LogP contribution in [0.5, 0.6) is 0 Å². The lowest BCUT2D eigenvalue weighted by Crippen LogP contribution is -2.39. The molecule has 2 nitrogen and oxygen atoms in total. The third-order valence-electron chi connectivity index (χ3n) is 3.64. The highest BCUT2D eigenvalue weighted by Crippen LogP contribution is 2.25. The predicted molar refractivity (Wildman–Crippen MR) is 74.7 cm³/mol. The molecule has 0 bridgehead atoms. The van der Waals surface area contributed by atoms with E-state index in [1.165, 1.54) is 12.1 Å². The Morgan fingerprint density at radius 3 is 2.74 bits per heavy atom. The van der Waals surface area contributed by atoms with E-state index in [-0.39, 0.29) is 17.8 Å². The molecular formula is C15H19ClFNO. The van der Waals surface area contributed by atoms with Crippen molar-refractivity contribution in [3.8, 4) is 0 Å². The van der Waals surface area contributed by atoms with Crippen LogP contribution in [-0.2, 0) is 11.2 Å². The Bertz CT molecular complexity index is 421. The minimum absolute atomic E-state index is 0.00632. The maximum absolute atomic E-state index is 12.8. The predicted octanol–water partition coefficient (Wildman–Crippen LogP) is 3.28. The van der Waals surface area contributed by atoms with E-state index in [4.69, 9.17) is 11.6 Å². The number of benzene rings is 1. The van der Waals surface area contributed by atoms with Crippen molar-refractivity contribution >= 4 is 17.5 Å². The largest absolute Gasteiger partial charge is 0.353 e. The fourth-order valence-electron chi connectivity index (χ4n) is 2.63. The van der Waals surface area contributed by atoms with Crippen LogP contribution in [0.4, 0.5) is 4.39 Å². The summed E-state index contributed by atoms with van der Waals surface area (Å²) in [5, 5.41) is 3.05. The zero-order valence-corrected chi connectivity index (χ0v) is 11.6. The summed E-state index contributed by atoms with van der Waals surface area (Å²) in [5.41, 5.74) is 0.837. The minimum atomic E-state index is -0.276. The van der Waals surface area contributed by atoms with Crippen molar-refractivity contribution < 1.29 is 9.18 Å². The van der Waals surface area contributed by atoms with Gasteiger partial charge in [0, 0.05) is 11.9 Å². The highest BCUT2D eigenvalue weighted by Gasteiger charge is 2.22. The van der Waals surface area contributed by atoms with Gasteiger partial charge in [0.1, 0.15) is 5.82 Å². The first-order valence-electron chi connectivity index (χ1n) is 6.77. The average Bonchev–Trinajstić information content (AvgIpc) is 2.41. The van der Waals surface area contributed by atoms with Gasteiger partial charge in [0.15, 0.2) is 0 Å². The van der Waals surface area contributed by atoms with Crippen LogP contribution in [-0.4, -0.2) is 17.8 Å². The molecule has 1 aliphatic rings. The lowest BCUT2D eigenvalue weighted by Gasteiger charge is -2.28. The summed E-state index contributed by atoms with van der Waals surface area (Å²) in [6, 6.07) is 6.30. The van der Waals surface area contributed by atoms with Gasteiger partial charge in [0.05, 0.1) is 6.42 Å². The number of amides is 1. The normalized spacial score (nSPS) is 23.1. The van der Waals surface area contributed by atoms with Crippen LogP contribution in [0.1, 0.15) is 31.2 Å². The van der Waals surface area contributed by atoms with Gasteiger partial charge in [-0.25, -0.2) is 4.39 Å². The first kappa shape index (κ1) is 14.3. The summed E-state index contributed by atoms with van der Waals surface area (Å²) >= 11 is 5.88. The van der Waals surface area contributed by atoms with E-state index < -0.39 is 0 Å². The maximum atomic E-state index is 12.8. The molecule has 104 valence electrons. The second-order valence-corrected chi connectivity index (χ2v) is 5.56. The molecule has 0 aliphatic heterocycles. The van der Waals surface area contributed by atoms with Crippen molar-refractivity contribution in [3.63, 3.8) is 0 Å². The Morgan fingerprint density at radius 1 is 1.32 bits per heavy atom. The highest BCUT2D eigenvalue weighted by atomic mass is 35.5. The van der Waals surface area contributed by atoms with E-state index >= 15 is 0 Å². The number of hydrogen-bond donors (Lipinski definition) is 1. The summed E-state index contributed by atoms with van der Waals surface area (Å²) in [6.07, 6.45) is 4.59. The van der Waals surface area contributed by atoms with Crippen molar-refractivity contribution in [2.24, 2.45) is 5.92 Å². The molecule has 4 heteroatoms. The van der Waals surface area contributed by atoms with Crippen molar-refractivity contribution in [1.82, 2.24) is 5.32 Å². The van der Waals surface area contributed by atoms with Crippen LogP contribution < -0.4 is 5.32 Å². The summed E-state index contributed by atoms with van der Waals surface area (Å²) in [4.78, 5) is 11.9. The standard InChI is InChI=1S/C15H19ClFNO/c16-10-12-2-1-3-14(8-12)18-15(19)9-11-4-6-13(17)7-5-11/h4-7,12,14H,1-3,8-10H2,(H,18,19). The Morgan fingerprint density at radius 2 is 2.05 bits per heavy atom. The lowest BCUT2D eigenvalue weighted by molar-refractivity contribution is -0.121. The van der Waals surface area contributed by atoms with Gasteiger partial charge in [-0.2, -0.15) is 0 Å². The Kier molecular flexibility index (Phi) is 5.20. The molecule has 0 spiro atoms. The summed E-state index contributed by atoms with van der Waals surface area (Å²) < 4.78 is 12.8. The molecular weight excluding hydrogens is 265 g/mol. The molecule has 1 amide bonds. The van der Waals surface area contributed by atoms with Gasteiger partial charge in [-0.15, -0.1) is 11.6 Å². The molecule has 0 radical (unpaired) electrons. The van der Waals surface area contributed by atoms with Crippen LogP contribution >= 0.6 is 11.6 Å². The molecule has 2 atom stereocenters. The monoisotopic (exact) mass is 283 g/mol. The van der Waals surface area contributed by atoms with Crippen molar-refractivity contribution in [2.45, 2.75) is 38.1 Å². The fourth-order valence-corrected chi connectivity index (χ4v) is 2.91. The number of alkyl halides is 1. The zero-order chi connectivity index (χ0) is 13.7. The number of nitrogens with one attached hydrogen (secondary N) is 1. The average molecular weight is 284 g/mol. The van der Waals surface area contributed by atoms with Crippen LogP contribution in [0, 0.1) is 11.7 Å². The molecule has 1 saturated carbocycles. The summed E-state index contributed by atoms with van der Waals surface area (Å²) in [5.74, 6) is 0.921. The van der Waals surface area contributed by atoms with E-state index in [1.807, 2.05) is 0 Å². The van der Waals surface area contributed by atoms with E-state index in [0.717, 1.165) is 31.2 Å². The van der Waals surface area contributed by atoms with Gasteiger partial charge >= 0.3 is 0 Å². The second-order valence-electron chi connectivity index (χ2n) is 5.25. The molecule has 0 saturated heterocycles. The zero-order valence-electron chi connectivity index (χ0n) is 10.9. The van der Waals surface area contributed by atoms with Crippen LogP contribution in [0.3, 0.4) is 0 Å². The number of halogens is 2. The van der Waals surface area contributed by atoms with Gasteiger partial charge in [-0.3, -0.25) is 4.79 Å². The summed E-state index contributed by atoms with van der Waals surface area (Å²) in [7, 11) is 0. The fraction of sp³-hybridized carbons (Fsp3) is 0.533. The van der Waals surface area contributed by atoms with E-state index in [0.29, 0.717) is 18.2 Å². The van der Waals surface area contributed by atoms with E-state index in [1.54, 1.807) is 12.1 Å². The molecule has 19 heavy (non-hydrogen) atoms. The molecule has 0 heterocycles. The third-order valence-corrected chi connectivity index (χ3v) is 4.08. The van der Waals surface area contributed by atoms with Crippen molar-refractivity contribution in [3.05, 3.63) is 35.6 Å². The van der Waals surface area contributed by atoms with Gasteiger partial charge in [-0.05, 0) is 42.9 Å². The van der Waals surface area contributed by atoms with Gasteiger partial charge in [-0.1, -0.05) is 18.6 Å². The van der Waals surface area contributed by atoms with Gasteiger partial charge < -0.3 is 5.32 Å². The van der Waals surface area contributed by atoms with Gasteiger partial charge in [0.2, 0.25) is 5.91 Å². The smallest absolute Gasteiger partial charge is 0.224 e.